The lowest BCUT2D eigenvalue weighted by Gasteiger charge is -2.25. The number of nitrogens with one attached hydrogen (secondary N) is 3. The fraction of sp³-hybridized carbons (Fsp3) is 0.455. The molecular formula is C22H31N5O9. The molecule has 0 aliphatic heterocycles. The Balaban J connectivity index is 3.14. The third-order valence-corrected chi connectivity index (χ3v) is 5.00. The summed E-state index contributed by atoms with van der Waals surface area (Å²) < 4.78 is 0. The van der Waals surface area contributed by atoms with Gasteiger partial charge >= 0.3 is 11.9 Å². The van der Waals surface area contributed by atoms with Crippen molar-refractivity contribution < 1.29 is 44.1 Å². The summed E-state index contributed by atoms with van der Waals surface area (Å²) in [5, 5.41) is 34.6. The number of aliphatic hydroxyl groups excluding tert-OH is 1. The SMILES string of the molecule is CC(O)C(NC(=O)C(CCC(=O)O)NC(=O)C(Cc1ccccc1)NC(=O)C(N)CC(N)=O)C(=O)O. The summed E-state index contributed by atoms with van der Waals surface area (Å²) in [5.74, 6) is -6.46. The lowest BCUT2D eigenvalue weighted by atomic mass is 10.0. The summed E-state index contributed by atoms with van der Waals surface area (Å²) in [5.41, 5.74) is 11.3. The first kappa shape index (κ1) is 30.0. The number of carboxylic acids is 2. The first-order valence-electron chi connectivity index (χ1n) is 10.9. The summed E-state index contributed by atoms with van der Waals surface area (Å²) in [7, 11) is 0. The lowest BCUT2D eigenvalue weighted by Crippen LogP contribution is -2.58. The third-order valence-electron chi connectivity index (χ3n) is 5.00. The van der Waals surface area contributed by atoms with Crippen molar-refractivity contribution in [3.05, 3.63) is 35.9 Å². The van der Waals surface area contributed by atoms with E-state index in [1.54, 1.807) is 30.3 Å². The number of rotatable bonds is 15. The molecule has 1 aromatic rings. The van der Waals surface area contributed by atoms with Crippen LogP contribution in [0.3, 0.4) is 0 Å². The molecule has 0 aliphatic carbocycles. The summed E-state index contributed by atoms with van der Waals surface area (Å²) in [4.78, 5) is 71.7. The Hall–Kier alpha value is -4.04. The van der Waals surface area contributed by atoms with E-state index in [1.807, 2.05) is 0 Å². The second kappa shape index (κ2) is 14.4. The Morgan fingerprint density at radius 3 is 1.94 bits per heavy atom. The molecule has 36 heavy (non-hydrogen) atoms. The highest BCUT2D eigenvalue weighted by Crippen LogP contribution is 2.07. The smallest absolute Gasteiger partial charge is 0.328 e. The molecule has 1 rings (SSSR count). The number of benzene rings is 1. The van der Waals surface area contributed by atoms with Crippen LogP contribution in [-0.4, -0.2) is 81.2 Å². The number of primary amides is 1. The topological polar surface area (TPSA) is 251 Å². The molecule has 0 saturated carbocycles. The van der Waals surface area contributed by atoms with Crippen molar-refractivity contribution in [3.8, 4) is 0 Å². The fourth-order valence-corrected chi connectivity index (χ4v) is 3.10. The molecule has 0 heterocycles. The number of hydrogen-bond donors (Lipinski definition) is 8. The number of nitrogens with two attached hydrogens (primary N) is 2. The number of carboxylic acid groups (broad SMARTS) is 2. The average Bonchev–Trinajstić information content (AvgIpc) is 2.78. The van der Waals surface area contributed by atoms with Gasteiger partial charge in [-0.25, -0.2) is 4.79 Å². The summed E-state index contributed by atoms with van der Waals surface area (Å²) in [6.45, 7) is 1.13. The molecular weight excluding hydrogens is 478 g/mol. The summed E-state index contributed by atoms with van der Waals surface area (Å²) in [6.07, 6.45) is -2.99. The quantitative estimate of drug-likeness (QED) is 0.121. The lowest BCUT2D eigenvalue weighted by molar-refractivity contribution is -0.145. The molecule has 0 bridgehead atoms. The minimum absolute atomic E-state index is 0.0552. The van der Waals surface area contributed by atoms with Crippen molar-refractivity contribution in [2.45, 2.75) is 62.9 Å². The predicted octanol–water partition coefficient (Wildman–Crippen LogP) is -2.78. The van der Waals surface area contributed by atoms with E-state index in [-0.39, 0.29) is 6.42 Å². The molecule has 5 unspecified atom stereocenters. The van der Waals surface area contributed by atoms with Gasteiger partial charge in [0.1, 0.15) is 12.1 Å². The molecule has 0 fully saturated rings. The van der Waals surface area contributed by atoms with Gasteiger partial charge in [0.2, 0.25) is 23.6 Å². The van der Waals surface area contributed by atoms with E-state index >= 15 is 0 Å². The van der Waals surface area contributed by atoms with Crippen LogP contribution < -0.4 is 27.4 Å². The zero-order chi connectivity index (χ0) is 27.4. The van der Waals surface area contributed by atoms with Crippen LogP contribution in [0.4, 0.5) is 0 Å². The highest BCUT2D eigenvalue weighted by atomic mass is 16.4. The maximum Gasteiger partial charge on any atom is 0.328 e. The molecule has 0 aromatic heterocycles. The van der Waals surface area contributed by atoms with Crippen molar-refractivity contribution in [1.82, 2.24) is 16.0 Å². The van der Waals surface area contributed by atoms with Crippen LogP contribution in [0.5, 0.6) is 0 Å². The first-order chi connectivity index (χ1) is 16.8. The molecule has 10 N–H and O–H groups in total. The average molecular weight is 510 g/mol. The van der Waals surface area contributed by atoms with Gasteiger partial charge in [-0.15, -0.1) is 0 Å². The minimum atomic E-state index is -1.71. The van der Waals surface area contributed by atoms with Gasteiger partial charge in [0.05, 0.1) is 18.6 Å². The zero-order valence-corrected chi connectivity index (χ0v) is 19.5. The summed E-state index contributed by atoms with van der Waals surface area (Å²) >= 11 is 0. The Bertz CT molecular complexity index is 954. The van der Waals surface area contributed by atoms with Crippen molar-refractivity contribution >= 4 is 35.6 Å². The Morgan fingerprint density at radius 1 is 0.889 bits per heavy atom. The van der Waals surface area contributed by atoms with Crippen molar-refractivity contribution in [1.29, 1.82) is 0 Å². The van der Waals surface area contributed by atoms with Gasteiger partial charge in [0.25, 0.3) is 0 Å². The van der Waals surface area contributed by atoms with E-state index < -0.39 is 85.1 Å². The van der Waals surface area contributed by atoms with Gasteiger partial charge in [0.15, 0.2) is 6.04 Å². The van der Waals surface area contributed by atoms with Crippen molar-refractivity contribution in [2.24, 2.45) is 11.5 Å². The second-order valence-corrected chi connectivity index (χ2v) is 8.09. The van der Waals surface area contributed by atoms with Crippen LogP contribution in [0.25, 0.3) is 0 Å². The first-order valence-corrected chi connectivity index (χ1v) is 10.9. The van der Waals surface area contributed by atoms with Crippen LogP contribution in [0, 0.1) is 0 Å². The fourth-order valence-electron chi connectivity index (χ4n) is 3.10. The molecule has 1 aromatic carbocycles. The number of carbonyl (C=O) groups is 6. The van der Waals surface area contributed by atoms with E-state index in [0.717, 1.165) is 6.92 Å². The third kappa shape index (κ3) is 10.5. The van der Waals surface area contributed by atoms with E-state index in [0.29, 0.717) is 5.56 Å². The zero-order valence-electron chi connectivity index (χ0n) is 19.5. The maximum atomic E-state index is 13.1. The van der Waals surface area contributed by atoms with Crippen molar-refractivity contribution in [2.75, 3.05) is 0 Å². The summed E-state index contributed by atoms with van der Waals surface area (Å²) in [6, 6.07) is 2.58. The maximum absolute atomic E-state index is 13.1. The molecule has 0 aliphatic rings. The van der Waals surface area contributed by atoms with E-state index in [9.17, 15) is 39.0 Å². The normalized spacial score (nSPS) is 14.9. The highest BCUT2D eigenvalue weighted by molar-refractivity contribution is 5.95. The number of aliphatic carboxylic acids is 2. The number of hydrogen-bond acceptors (Lipinski definition) is 8. The molecule has 0 saturated heterocycles. The number of amides is 4. The second-order valence-electron chi connectivity index (χ2n) is 8.09. The standard InChI is InChI=1S/C22H31N5O9/c1-11(28)18(22(35)36)27-20(33)14(7-8-17(30)31)25-21(34)15(9-12-5-3-2-4-6-12)26-19(32)13(23)10-16(24)29/h2-6,11,13-15,18,28H,7-10,23H2,1H3,(H2,24,29)(H,25,34)(H,26,32)(H,27,33)(H,30,31)(H,35,36). The van der Waals surface area contributed by atoms with Gasteiger partial charge in [-0.3, -0.25) is 24.0 Å². The van der Waals surface area contributed by atoms with Gasteiger partial charge in [-0.2, -0.15) is 0 Å². The van der Waals surface area contributed by atoms with Gasteiger partial charge in [0, 0.05) is 12.8 Å². The molecule has 198 valence electrons. The number of aliphatic hydroxyl groups is 1. The van der Waals surface area contributed by atoms with E-state index in [1.165, 1.54) is 0 Å². The van der Waals surface area contributed by atoms with Gasteiger partial charge in [-0.1, -0.05) is 30.3 Å². The molecule has 4 amide bonds. The Kier molecular flexibility index (Phi) is 12.0. The van der Waals surface area contributed by atoms with E-state index in [2.05, 4.69) is 16.0 Å². The molecule has 0 spiro atoms. The van der Waals surface area contributed by atoms with Crippen LogP contribution in [0.2, 0.25) is 0 Å². The molecule has 14 nitrogen and oxygen atoms in total. The molecule has 14 heteroatoms. The van der Waals surface area contributed by atoms with Crippen LogP contribution >= 0.6 is 0 Å². The van der Waals surface area contributed by atoms with Gasteiger partial charge in [-0.05, 0) is 18.9 Å². The van der Waals surface area contributed by atoms with E-state index in [4.69, 9.17) is 16.6 Å². The Morgan fingerprint density at radius 2 is 1.44 bits per heavy atom. The predicted molar refractivity (Wildman–Crippen MR) is 124 cm³/mol. The largest absolute Gasteiger partial charge is 0.481 e. The van der Waals surface area contributed by atoms with Crippen LogP contribution in [0.15, 0.2) is 30.3 Å². The Labute approximate surface area is 206 Å². The highest BCUT2D eigenvalue weighted by Gasteiger charge is 2.32. The molecule has 0 radical (unpaired) electrons. The van der Waals surface area contributed by atoms with Crippen LogP contribution in [-0.2, 0) is 35.2 Å². The van der Waals surface area contributed by atoms with Crippen LogP contribution in [0.1, 0.15) is 31.7 Å². The minimum Gasteiger partial charge on any atom is -0.481 e. The van der Waals surface area contributed by atoms with Crippen molar-refractivity contribution in [3.63, 3.8) is 0 Å². The molecule has 5 atom stereocenters. The monoisotopic (exact) mass is 509 g/mol. The number of carbonyl (C=O) groups excluding carboxylic acids is 4. The van der Waals surface area contributed by atoms with Gasteiger partial charge < -0.3 is 42.7 Å².